The highest BCUT2D eigenvalue weighted by Gasteiger charge is 2.22. The molecule has 0 bridgehead atoms. The van der Waals surface area contributed by atoms with Crippen LogP contribution in [0.4, 0.5) is 8.78 Å². The summed E-state index contributed by atoms with van der Waals surface area (Å²) in [5.41, 5.74) is 0.902. The molecule has 1 aliphatic rings. The third kappa shape index (κ3) is 4.13. The Kier molecular flexibility index (Phi) is 5.70. The fraction of sp³-hybridized carbons (Fsp3) is 0.571. The van der Waals surface area contributed by atoms with Crippen LogP contribution in [0.25, 0.3) is 0 Å². The van der Waals surface area contributed by atoms with Crippen LogP contribution in [0, 0.1) is 0 Å². The lowest BCUT2D eigenvalue weighted by Gasteiger charge is -2.35. The molecule has 0 aromatic heterocycles. The van der Waals surface area contributed by atoms with Crippen molar-refractivity contribution in [1.29, 1.82) is 0 Å². The predicted octanol–water partition coefficient (Wildman–Crippen LogP) is 1.62. The van der Waals surface area contributed by atoms with E-state index in [4.69, 9.17) is 0 Å². The quantitative estimate of drug-likeness (QED) is 0.834. The molecule has 1 atom stereocenters. The lowest BCUT2D eigenvalue weighted by Crippen LogP contribution is -2.45. The first-order valence-corrected chi connectivity index (χ1v) is 6.81. The number of nitrogens with zero attached hydrogens (tertiary/aromatic N) is 1. The molecule has 20 heavy (non-hydrogen) atoms. The van der Waals surface area contributed by atoms with Crippen molar-refractivity contribution in [3.63, 3.8) is 0 Å². The normalized spacial score (nSPS) is 18.2. The van der Waals surface area contributed by atoms with Gasteiger partial charge in [-0.05, 0) is 24.1 Å². The summed E-state index contributed by atoms with van der Waals surface area (Å²) in [5.74, 6) is 0.163. The Bertz CT molecular complexity index is 412. The zero-order valence-corrected chi connectivity index (χ0v) is 11.3. The van der Waals surface area contributed by atoms with Gasteiger partial charge in [-0.2, -0.15) is 8.78 Å². The van der Waals surface area contributed by atoms with Gasteiger partial charge >= 0.3 is 6.61 Å². The Morgan fingerprint density at radius 1 is 1.30 bits per heavy atom. The number of alkyl halides is 2. The second-order valence-corrected chi connectivity index (χ2v) is 4.77. The molecule has 2 rings (SSSR count). The maximum absolute atomic E-state index is 12.3. The summed E-state index contributed by atoms with van der Waals surface area (Å²) in [4.78, 5) is 2.26. The van der Waals surface area contributed by atoms with Crippen molar-refractivity contribution in [2.75, 3.05) is 32.8 Å². The minimum atomic E-state index is -2.82. The molecule has 0 spiro atoms. The van der Waals surface area contributed by atoms with Gasteiger partial charge in [-0.25, -0.2) is 0 Å². The minimum absolute atomic E-state index is 0.0309. The van der Waals surface area contributed by atoms with E-state index in [0.717, 1.165) is 31.7 Å². The molecule has 1 heterocycles. The Balaban J connectivity index is 2.15. The standard InChI is InChI=1S/C14H20F2N2O2/c15-14(16)20-12-3-1-2-11(10-12)13(4-9-19)18-7-5-17-6-8-18/h1-3,10,13-14,17,19H,4-9H2/t13-/m1/s1. The molecule has 2 N–H and O–H groups in total. The molecule has 0 radical (unpaired) electrons. The highest BCUT2D eigenvalue weighted by molar-refractivity contribution is 5.30. The summed E-state index contributed by atoms with van der Waals surface area (Å²) >= 11 is 0. The monoisotopic (exact) mass is 286 g/mol. The number of hydrogen-bond acceptors (Lipinski definition) is 4. The molecule has 0 amide bonds. The summed E-state index contributed by atoms with van der Waals surface area (Å²) in [6.07, 6.45) is 0.581. The smallest absolute Gasteiger partial charge is 0.387 e. The number of hydrogen-bond donors (Lipinski definition) is 2. The van der Waals surface area contributed by atoms with Crippen molar-refractivity contribution in [3.8, 4) is 5.75 Å². The molecule has 4 nitrogen and oxygen atoms in total. The second kappa shape index (κ2) is 7.52. The van der Waals surface area contributed by atoms with E-state index >= 15 is 0 Å². The van der Waals surface area contributed by atoms with Gasteiger partial charge in [0.2, 0.25) is 0 Å². The fourth-order valence-electron chi connectivity index (χ4n) is 2.57. The maximum Gasteiger partial charge on any atom is 0.387 e. The SMILES string of the molecule is OCC[C@H](c1cccc(OC(F)F)c1)N1CCNCC1. The molecule has 112 valence electrons. The Morgan fingerprint density at radius 3 is 2.70 bits per heavy atom. The molecule has 1 aromatic carbocycles. The average molecular weight is 286 g/mol. The molecule has 1 aliphatic heterocycles. The second-order valence-electron chi connectivity index (χ2n) is 4.77. The highest BCUT2D eigenvalue weighted by Crippen LogP contribution is 2.27. The molecular weight excluding hydrogens is 266 g/mol. The third-order valence-electron chi connectivity index (χ3n) is 3.46. The first kappa shape index (κ1) is 15.2. The number of benzene rings is 1. The van der Waals surface area contributed by atoms with Crippen LogP contribution in [0.1, 0.15) is 18.0 Å². The van der Waals surface area contributed by atoms with E-state index in [1.165, 1.54) is 6.07 Å². The molecule has 0 saturated carbocycles. The Morgan fingerprint density at radius 2 is 2.05 bits per heavy atom. The van der Waals surface area contributed by atoms with Gasteiger partial charge < -0.3 is 15.2 Å². The van der Waals surface area contributed by atoms with Gasteiger partial charge in [-0.3, -0.25) is 4.90 Å². The first-order chi connectivity index (χ1) is 9.70. The summed E-state index contributed by atoms with van der Waals surface area (Å²) in [7, 11) is 0. The largest absolute Gasteiger partial charge is 0.435 e. The first-order valence-electron chi connectivity index (χ1n) is 6.81. The van der Waals surface area contributed by atoms with E-state index < -0.39 is 6.61 Å². The van der Waals surface area contributed by atoms with Gasteiger partial charge in [0.15, 0.2) is 0 Å². The third-order valence-corrected chi connectivity index (χ3v) is 3.46. The summed E-state index contributed by atoms with van der Waals surface area (Å²) in [5, 5.41) is 12.5. The van der Waals surface area contributed by atoms with Gasteiger partial charge in [-0.15, -0.1) is 0 Å². The van der Waals surface area contributed by atoms with Crippen molar-refractivity contribution in [3.05, 3.63) is 29.8 Å². The van der Waals surface area contributed by atoms with Crippen molar-refractivity contribution >= 4 is 0 Å². The van der Waals surface area contributed by atoms with Crippen LogP contribution in [-0.4, -0.2) is 49.4 Å². The van der Waals surface area contributed by atoms with Crippen LogP contribution in [-0.2, 0) is 0 Å². The number of rotatable bonds is 6. The van der Waals surface area contributed by atoms with Gasteiger partial charge in [0.1, 0.15) is 5.75 Å². The van der Waals surface area contributed by atoms with Crippen LogP contribution in [0.3, 0.4) is 0 Å². The predicted molar refractivity (Wildman–Crippen MR) is 72.0 cm³/mol. The maximum atomic E-state index is 12.3. The topological polar surface area (TPSA) is 44.7 Å². The van der Waals surface area contributed by atoms with Crippen molar-refractivity contribution < 1.29 is 18.6 Å². The number of halogens is 2. The van der Waals surface area contributed by atoms with Gasteiger partial charge in [-0.1, -0.05) is 12.1 Å². The van der Waals surface area contributed by atoms with Crippen LogP contribution in [0.2, 0.25) is 0 Å². The molecule has 1 saturated heterocycles. The van der Waals surface area contributed by atoms with E-state index in [0.29, 0.717) is 6.42 Å². The zero-order valence-electron chi connectivity index (χ0n) is 11.3. The number of aliphatic hydroxyl groups is 1. The number of aliphatic hydroxyl groups excluding tert-OH is 1. The highest BCUT2D eigenvalue weighted by atomic mass is 19.3. The zero-order chi connectivity index (χ0) is 14.4. The van der Waals surface area contributed by atoms with Crippen LogP contribution in [0.15, 0.2) is 24.3 Å². The molecule has 0 unspecified atom stereocenters. The number of piperazine rings is 1. The Labute approximate surface area is 117 Å². The van der Waals surface area contributed by atoms with E-state index in [9.17, 15) is 13.9 Å². The van der Waals surface area contributed by atoms with E-state index in [2.05, 4.69) is 15.0 Å². The van der Waals surface area contributed by atoms with Crippen molar-refractivity contribution in [1.82, 2.24) is 10.2 Å². The van der Waals surface area contributed by atoms with E-state index in [1.807, 2.05) is 6.07 Å². The molecule has 1 fully saturated rings. The fourth-order valence-corrected chi connectivity index (χ4v) is 2.57. The number of ether oxygens (including phenoxy) is 1. The lowest BCUT2D eigenvalue weighted by atomic mass is 10.0. The van der Waals surface area contributed by atoms with Crippen molar-refractivity contribution in [2.45, 2.75) is 19.1 Å². The van der Waals surface area contributed by atoms with Gasteiger partial charge in [0, 0.05) is 38.8 Å². The van der Waals surface area contributed by atoms with Crippen molar-refractivity contribution in [2.24, 2.45) is 0 Å². The van der Waals surface area contributed by atoms with E-state index in [1.54, 1.807) is 12.1 Å². The Hall–Kier alpha value is -1.24. The van der Waals surface area contributed by atoms with Crippen LogP contribution >= 0.6 is 0 Å². The number of nitrogens with one attached hydrogen (secondary N) is 1. The van der Waals surface area contributed by atoms with Gasteiger partial charge in [0.05, 0.1) is 0 Å². The van der Waals surface area contributed by atoms with Crippen LogP contribution in [0.5, 0.6) is 5.75 Å². The summed E-state index contributed by atoms with van der Waals surface area (Å²) in [6, 6.07) is 6.78. The van der Waals surface area contributed by atoms with Crippen LogP contribution < -0.4 is 10.1 Å². The summed E-state index contributed by atoms with van der Waals surface area (Å²) < 4.78 is 29.0. The molecule has 1 aromatic rings. The summed E-state index contributed by atoms with van der Waals surface area (Å²) in [6.45, 7) is 0.800. The average Bonchev–Trinajstić information content (AvgIpc) is 2.45. The molecule has 0 aliphatic carbocycles. The minimum Gasteiger partial charge on any atom is -0.435 e. The van der Waals surface area contributed by atoms with Gasteiger partial charge in [0.25, 0.3) is 0 Å². The lowest BCUT2D eigenvalue weighted by molar-refractivity contribution is -0.0499. The molecular formula is C14H20F2N2O2. The van der Waals surface area contributed by atoms with E-state index in [-0.39, 0.29) is 18.4 Å². The molecule has 6 heteroatoms.